The fraction of sp³-hybridized carbons (Fsp3) is 0.154. The first-order valence-electron chi connectivity index (χ1n) is 10.4. The first-order chi connectivity index (χ1) is 16.4. The van der Waals surface area contributed by atoms with Gasteiger partial charge in [0.05, 0.1) is 12.2 Å². The zero-order valence-corrected chi connectivity index (χ0v) is 20.3. The van der Waals surface area contributed by atoms with E-state index in [0.29, 0.717) is 40.4 Å². The van der Waals surface area contributed by atoms with Crippen molar-refractivity contribution in [2.45, 2.75) is 18.9 Å². The number of allylic oxidation sites excluding steroid dienone is 1. The maximum absolute atomic E-state index is 13.0. The van der Waals surface area contributed by atoms with Crippen LogP contribution in [0.4, 0.5) is 0 Å². The van der Waals surface area contributed by atoms with Crippen molar-refractivity contribution in [3.8, 4) is 17.2 Å². The second-order valence-corrected chi connectivity index (χ2v) is 9.15. The van der Waals surface area contributed by atoms with Crippen LogP contribution in [0.1, 0.15) is 38.0 Å². The van der Waals surface area contributed by atoms with Crippen LogP contribution in [0.3, 0.4) is 0 Å². The van der Waals surface area contributed by atoms with Gasteiger partial charge in [-0.1, -0.05) is 46.3 Å². The summed E-state index contributed by atoms with van der Waals surface area (Å²) in [5, 5.41) is -0.960. The summed E-state index contributed by atoms with van der Waals surface area (Å²) in [6.07, 6.45) is 1.65. The van der Waals surface area contributed by atoms with Crippen LogP contribution < -0.4 is 14.2 Å². The Hall–Kier alpha value is -3.13. The molecule has 0 aromatic heterocycles. The Balaban J connectivity index is 1.42. The molecule has 1 unspecified atom stereocenters. The predicted octanol–water partition coefficient (Wildman–Crippen LogP) is 6.13. The Labute approximate surface area is 209 Å². The van der Waals surface area contributed by atoms with E-state index in [1.54, 1.807) is 49.4 Å². The van der Waals surface area contributed by atoms with E-state index in [1.807, 2.05) is 18.2 Å². The summed E-state index contributed by atoms with van der Waals surface area (Å²) in [5.74, 6) is 0.541. The lowest BCUT2D eigenvalue weighted by atomic mass is 10.0. The summed E-state index contributed by atoms with van der Waals surface area (Å²) in [7, 11) is 0. The zero-order valence-electron chi connectivity index (χ0n) is 18.0. The smallest absolute Gasteiger partial charge is 0.334 e. The molecule has 0 spiro atoms. The molecule has 0 amide bonds. The number of ether oxygens (including phenoxy) is 4. The Morgan fingerprint density at radius 1 is 1.15 bits per heavy atom. The van der Waals surface area contributed by atoms with Crippen LogP contribution in [0.15, 0.2) is 64.8 Å². The number of hydrogen-bond donors (Lipinski definition) is 0. The number of halogens is 2. The van der Waals surface area contributed by atoms with Crippen molar-refractivity contribution in [1.29, 1.82) is 0 Å². The standard InChI is InChI=1S/C26H18BrClO6/c1-14-20(34-26(30)22(28)15-5-3-2-4-6-15)8-7-19-23(29)21(33-24(14)19)11-16-9-18(27)10-17-12-31-13-32-25(16)17/h2-11,22H,12-13H2,1H3/b21-11-. The Bertz CT molecular complexity index is 1330. The number of benzene rings is 3. The van der Waals surface area contributed by atoms with Crippen LogP contribution in [0.2, 0.25) is 0 Å². The highest BCUT2D eigenvalue weighted by atomic mass is 79.9. The molecule has 3 aromatic carbocycles. The Kier molecular flexibility index (Phi) is 6.16. The molecule has 2 aliphatic heterocycles. The molecule has 2 heterocycles. The molecule has 0 saturated carbocycles. The minimum Gasteiger partial charge on any atom is -0.467 e. The summed E-state index contributed by atoms with van der Waals surface area (Å²) in [5.41, 5.74) is 3.12. The molecule has 34 heavy (non-hydrogen) atoms. The number of rotatable bonds is 4. The van der Waals surface area contributed by atoms with Gasteiger partial charge in [0, 0.05) is 21.2 Å². The van der Waals surface area contributed by atoms with Crippen molar-refractivity contribution in [3.63, 3.8) is 0 Å². The van der Waals surface area contributed by atoms with Gasteiger partial charge in [-0.25, -0.2) is 4.79 Å². The largest absolute Gasteiger partial charge is 0.467 e. The van der Waals surface area contributed by atoms with Crippen molar-refractivity contribution < 1.29 is 28.5 Å². The second kappa shape index (κ2) is 9.25. The number of Topliss-reactive ketones (excluding diaryl/α,β-unsaturated/α-hetero) is 1. The number of hydrogen-bond acceptors (Lipinski definition) is 6. The van der Waals surface area contributed by atoms with E-state index in [4.69, 9.17) is 30.5 Å². The van der Waals surface area contributed by atoms with E-state index >= 15 is 0 Å². The van der Waals surface area contributed by atoms with Crippen molar-refractivity contribution >= 4 is 45.4 Å². The van der Waals surface area contributed by atoms with Gasteiger partial charge in [-0.2, -0.15) is 0 Å². The van der Waals surface area contributed by atoms with E-state index in [-0.39, 0.29) is 24.1 Å². The molecule has 0 radical (unpaired) electrons. The fourth-order valence-corrected chi connectivity index (χ4v) is 4.57. The lowest BCUT2D eigenvalue weighted by Gasteiger charge is -2.20. The fourth-order valence-electron chi connectivity index (χ4n) is 3.85. The van der Waals surface area contributed by atoms with Crippen LogP contribution >= 0.6 is 27.5 Å². The highest BCUT2D eigenvalue weighted by molar-refractivity contribution is 9.10. The van der Waals surface area contributed by atoms with Gasteiger partial charge in [0.2, 0.25) is 5.78 Å². The molecule has 0 N–H and O–H groups in total. The van der Waals surface area contributed by atoms with Crippen molar-refractivity contribution in [2.24, 2.45) is 0 Å². The maximum atomic E-state index is 13.0. The molecular weight excluding hydrogens is 524 g/mol. The van der Waals surface area contributed by atoms with E-state index in [9.17, 15) is 9.59 Å². The monoisotopic (exact) mass is 540 g/mol. The number of carbonyl (C=O) groups is 2. The van der Waals surface area contributed by atoms with E-state index in [0.717, 1.165) is 10.0 Å². The van der Waals surface area contributed by atoms with Crippen molar-refractivity contribution in [1.82, 2.24) is 0 Å². The summed E-state index contributed by atoms with van der Waals surface area (Å²) in [6, 6.07) is 15.9. The summed E-state index contributed by atoms with van der Waals surface area (Å²) in [4.78, 5) is 25.6. The minimum absolute atomic E-state index is 0.137. The van der Waals surface area contributed by atoms with Gasteiger partial charge in [0.25, 0.3) is 0 Å². The molecule has 3 aromatic rings. The molecule has 6 nitrogen and oxygen atoms in total. The summed E-state index contributed by atoms with van der Waals surface area (Å²) < 4.78 is 23.3. The number of ketones is 1. The van der Waals surface area contributed by atoms with Gasteiger partial charge in [-0.05, 0) is 42.8 Å². The Morgan fingerprint density at radius 3 is 2.74 bits per heavy atom. The topological polar surface area (TPSA) is 71.1 Å². The van der Waals surface area contributed by atoms with Crippen LogP contribution in [-0.2, 0) is 16.1 Å². The van der Waals surface area contributed by atoms with Gasteiger partial charge >= 0.3 is 5.97 Å². The third kappa shape index (κ3) is 4.22. The van der Waals surface area contributed by atoms with Crippen molar-refractivity contribution in [3.05, 3.63) is 92.6 Å². The van der Waals surface area contributed by atoms with Gasteiger partial charge in [0.15, 0.2) is 17.9 Å². The molecule has 172 valence electrons. The number of alkyl halides is 1. The van der Waals surface area contributed by atoms with E-state index in [2.05, 4.69) is 15.9 Å². The molecule has 5 rings (SSSR count). The lowest BCUT2D eigenvalue weighted by molar-refractivity contribution is -0.134. The molecule has 0 bridgehead atoms. The first-order valence-corrected chi connectivity index (χ1v) is 11.7. The van der Waals surface area contributed by atoms with Crippen LogP contribution in [0, 0.1) is 6.92 Å². The van der Waals surface area contributed by atoms with Gasteiger partial charge in [-0.15, -0.1) is 11.6 Å². The molecule has 1 atom stereocenters. The van der Waals surface area contributed by atoms with Gasteiger partial charge < -0.3 is 18.9 Å². The van der Waals surface area contributed by atoms with Crippen LogP contribution in [-0.4, -0.2) is 18.5 Å². The minimum atomic E-state index is -0.960. The van der Waals surface area contributed by atoms with E-state index in [1.165, 1.54) is 0 Å². The van der Waals surface area contributed by atoms with Crippen LogP contribution in [0.25, 0.3) is 6.08 Å². The van der Waals surface area contributed by atoms with Gasteiger partial charge in [-0.3, -0.25) is 4.79 Å². The highest BCUT2D eigenvalue weighted by Crippen LogP contribution is 2.41. The average molecular weight is 542 g/mol. The first kappa shape index (κ1) is 22.7. The molecule has 0 aliphatic carbocycles. The van der Waals surface area contributed by atoms with Crippen molar-refractivity contribution in [2.75, 3.05) is 6.79 Å². The molecule has 8 heteroatoms. The third-order valence-corrected chi connectivity index (χ3v) is 6.42. The quantitative estimate of drug-likeness (QED) is 0.171. The predicted molar refractivity (Wildman–Crippen MR) is 129 cm³/mol. The SMILES string of the molecule is Cc1c(OC(=O)C(Cl)c2ccccc2)ccc2c1O/C(=C\c1cc(Br)cc3c1OCOC3)C2=O. The second-order valence-electron chi connectivity index (χ2n) is 7.79. The molecular formula is C26H18BrClO6. The third-order valence-electron chi connectivity index (χ3n) is 5.54. The maximum Gasteiger partial charge on any atom is 0.334 e. The molecule has 2 aliphatic rings. The van der Waals surface area contributed by atoms with E-state index < -0.39 is 11.3 Å². The zero-order chi connectivity index (χ0) is 23.8. The normalized spacial score (nSPS) is 16.3. The molecule has 0 saturated heterocycles. The lowest BCUT2D eigenvalue weighted by Crippen LogP contribution is -2.15. The highest BCUT2D eigenvalue weighted by Gasteiger charge is 2.32. The van der Waals surface area contributed by atoms with Gasteiger partial charge in [0.1, 0.15) is 17.2 Å². The summed E-state index contributed by atoms with van der Waals surface area (Å²) >= 11 is 9.77. The summed E-state index contributed by atoms with van der Waals surface area (Å²) in [6.45, 7) is 2.28. The number of carbonyl (C=O) groups excluding carboxylic acids is 2. The molecule has 0 fully saturated rings. The average Bonchev–Trinajstić information content (AvgIpc) is 3.16. The number of fused-ring (bicyclic) bond motifs is 2. The van der Waals surface area contributed by atoms with Crippen LogP contribution in [0.5, 0.6) is 17.2 Å². The number of esters is 1. The Morgan fingerprint density at radius 2 is 1.94 bits per heavy atom.